The van der Waals surface area contributed by atoms with Gasteiger partial charge in [-0.25, -0.2) is 0 Å². The number of benzene rings is 5. The molecule has 0 radical (unpaired) electrons. The van der Waals surface area contributed by atoms with E-state index in [2.05, 4.69) is 197 Å². The predicted molar refractivity (Wildman–Crippen MR) is 238 cm³/mol. The molecular formula is C53H67FeP. The third-order valence-corrected chi connectivity index (χ3v) is 16.5. The number of hydrogen-bond acceptors (Lipinski definition) is 0. The minimum Gasteiger partial charge on any atom is -0.0924 e. The quantitative estimate of drug-likeness (QED) is 0.119. The van der Waals surface area contributed by atoms with E-state index >= 15 is 0 Å². The average molecular weight is 791 g/mol. The minimum absolute atomic E-state index is 0. The van der Waals surface area contributed by atoms with Gasteiger partial charge < -0.3 is 0 Å². The largest absolute Gasteiger partial charge is 0.0924 e. The molecule has 2 saturated carbocycles. The van der Waals surface area contributed by atoms with Gasteiger partial charge >= 0.3 is 0 Å². The average Bonchev–Trinajstić information content (AvgIpc) is 3.76. The van der Waals surface area contributed by atoms with Gasteiger partial charge in [-0.05, 0) is 121 Å². The molecule has 0 heterocycles. The van der Waals surface area contributed by atoms with Crippen LogP contribution in [0, 0.1) is 34.6 Å². The topological polar surface area (TPSA) is 0 Å². The van der Waals surface area contributed by atoms with Crippen LogP contribution < -0.4 is 0 Å². The second-order valence-corrected chi connectivity index (χ2v) is 23.0. The Balaban J connectivity index is 0.000000329. The summed E-state index contributed by atoms with van der Waals surface area (Å²) in [6.07, 6.45) is 5.96. The Morgan fingerprint density at radius 3 is 0.691 bits per heavy atom. The summed E-state index contributed by atoms with van der Waals surface area (Å²) in [5, 5.41) is 1.06. The zero-order chi connectivity index (χ0) is 38.8. The molecule has 0 aliphatic heterocycles. The molecule has 5 aromatic rings. The van der Waals surface area contributed by atoms with E-state index in [1.807, 2.05) is 0 Å². The summed E-state index contributed by atoms with van der Waals surface area (Å²) < 4.78 is 0. The molecule has 2 aliphatic carbocycles. The van der Waals surface area contributed by atoms with Crippen LogP contribution >= 0.6 is 7.92 Å². The number of rotatable bonds is 6. The number of aryl methyl sites for hydroxylation is 5. The van der Waals surface area contributed by atoms with Crippen molar-refractivity contribution in [3.05, 3.63) is 177 Å². The van der Waals surface area contributed by atoms with Gasteiger partial charge in [-0.3, -0.25) is 0 Å². The second kappa shape index (κ2) is 18.1. The van der Waals surface area contributed by atoms with Crippen molar-refractivity contribution in [3.63, 3.8) is 0 Å². The number of hydrogen-bond donors (Lipinski definition) is 0. The Kier molecular flexibility index (Phi) is 14.2. The van der Waals surface area contributed by atoms with Crippen LogP contribution in [-0.4, -0.2) is 16.0 Å². The Morgan fingerprint density at radius 2 is 0.527 bits per heavy atom. The van der Waals surface area contributed by atoms with Crippen LogP contribution in [0.2, 0.25) is 0 Å². The van der Waals surface area contributed by atoms with Crippen LogP contribution in [0.1, 0.15) is 152 Å². The first-order valence-corrected chi connectivity index (χ1v) is 22.1. The van der Waals surface area contributed by atoms with Gasteiger partial charge in [0.1, 0.15) is 0 Å². The van der Waals surface area contributed by atoms with E-state index in [9.17, 15) is 0 Å². The van der Waals surface area contributed by atoms with Gasteiger partial charge in [0, 0.05) is 17.1 Å². The molecule has 0 nitrogen and oxygen atoms in total. The van der Waals surface area contributed by atoms with Crippen molar-refractivity contribution >= 4 is 7.92 Å². The Hall–Kier alpha value is -2.95. The Morgan fingerprint density at radius 1 is 0.345 bits per heavy atom. The molecule has 5 aromatic carbocycles. The Bertz CT molecular complexity index is 1610. The summed E-state index contributed by atoms with van der Waals surface area (Å²) in [6, 6.07) is 46.9. The zero-order valence-electron chi connectivity index (χ0n) is 35.6. The van der Waals surface area contributed by atoms with Crippen molar-refractivity contribution in [2.45, 2.75) is 147 Å². The van der Waals surface area contributed by atoms with E-state index in [1.165, 1.54) is 81.3 Å². The third kappa shape index (κ3) is 10.1. The summed E-state index contributed by atoms with van der Waals surface area (Å²) in [7, 11) is 0.156. The molecule has 0 atom stereocenters. The van der Waals surface area contributed by atoms with Gasteiger partial charge in [-0.1, -0.05) is 211 Å². The maximum Gasteiger partial charge on any atom is 0 e. The maximum atomic E-state index is 2.45. The van der Waals surface area contributed by atoms with Gasteiger partial charge in [0.2, 0.25) is 0 Å². The van der Waals surface area contributed by atoms with E-state index in [0.29, 0.717) is 39.9 Å². The summed E-state index contributed by atoms with van der Waals surface area (Å²) in [4.78, 5) is 0. The van der Waals surface area contributed by atoms with Crippen LogP contribution in [0.3, 0.4) is 0 Å². The van der Waals surface area contributed by atoms with Gasteiger partial charge in [0.15, 0.2) is 0 Å². The van der Waals surface area contributed by atoms with Crippen molar-refractivity contribution in [1.29, 1.82) is 0 Å². The molecule has 0 bridgehead atoms. The van der Waals surface area contributed by atoms with E-state index in [-0.39, 0.29) is 25.0 Å². The molecule has 2 heteroatoms. The first-order chi connectivity index (χ1) is 25.6. The second-order valence-electron chi connectivity index (χ2n) is 18.8. The molecule has 7 rings (SSSR count). The zero-order valence-corrected chi connectivity index (χ0v) is 37.6. The van der Waals surface area contributed by atoms with Gasteiger partial charge in [-0.2, -0.15) is 0 Å². The van der Waals surface area contributed by atoms with Crippen molar-refractivity contribution in [2.24, 2.45) is 0 Å². The van der Waals surface area contributed by atoms with Crippen LogP contribution in [0.4, 0.5) is 0 Å². The van der Waals surface area contributed by atoms with E-state index < -0.39 is 0 Å². The van der Waals surface area contributed by atoms with Crippen LogP contribution in [-0.2, 0) is 17.1 Å². The molecule has 0 spiro atoms. The first kappa shape index (κ1) is 43.2. The van der Waals surface area contributed by atoms with E-state index in [1.54, 1.807) is 0 Å². The molecular weight excluding hydrogens is 723 g/mol. The molecule has 292 valence electrons. The molecule has 0 N–H and O–H groups in total. The molecule has 2 aliphatic rings. The predicted octanol–water partition coefficient (Wildman–Crippen LogP) is 15.5. The molecule has 2 fully saturated rings. The SMILES string of the molecule is CC(C)(C)P(C1CCCC1)C(C)(C)C.Cc1ccc(C2C(c3ccc(C)cc3)C(c3ccc(C)cc3)C(c3ccc(C)cc3)C2c2ccc(C)cc2)cc1.[Fe]. The molecule has 0 unspecified atom stereocenters. The smallest absolute Gasteiger partial charge is 0 e. The fourth-order valence-corrected chi connectivity index (χ4v) is 15.5. The van der Waals surface area contributed by atoms with Crippen molar-refractivity contribution in [3.8, 4) is 0 Å². The monoisotopic (exact) mass is 790 g/mol. The summed E-state index contributed by atoms with van der Waals surface area (Å²) >= 11 is 0. The van der Waals surface area contributed by atoms with Crippen molar-refractivity contribution < 1.29 is 17.1 Å². The minimum atomic E-state index is 0. The molecule has 0 aromatic heterocycles. The summed E-state index contributed by atoms with van der Waals surface area (Å²) in [5.74, 6) is 1.68. The fraction of sp³-hybridized carbons (Fsp3) is 0.434. The molecule has 0 saturated heterocycles. The maximum absolute atomic E-state index is 2.45. The van der Waals surface area contributed by atoms with Crippen LogP contribution in [0.25, 0.3) is 0 Å². The van der Waals surface area contributed by atoms with E-state index in [4.69, 9.17) is 0 Å². The van der Waals surface area contributed by atoms with E-state index in [0.717, 1.165) is 5.66 Å². The third-order valence-electron chi connectivity index (χ3n) is 12.4. The first-order valence-electron chi connectivity index (χ1n) is 20.7. The fourth-order valence-electron chi connectivity index (χ4n) is 10.4. The van der Waals surface area contributed by atoms with Gasteiger partial charge in [0.05, 0.1) is 0 Å². The van der Waals surface area contributed by atoms with Crippen molar-refractivity contribution in [1.82, 2.24) is 0 Å². The van der Waals surface area contributed by atoms with Gasteiger partial charge in [-0.15, -0.1) is 0 Å². The molecule has 55 heavy (non-hydrogen) atoms. The summed E-state index contributed by atoms with van der Waals surface area (Å²) in [6.45, 7) is 25.6. The van der Waals surface area contributed by atoms with Crippen LogP contribution in [0.15, 0.2) is 121 Å². The van der Waals surface area contributed by atoms with Gasteiger partial charge in [0.25, 0.3) is 0 Å². The normalized spacial score (nSPS) is 21.6. The molecule has 0 amide bonds. The standard InChI is InChI=1S/C40H40.C13H27P.Fe/c1-26-6-16-31(17-7-26)36-37(32-18-8-27(2)9-19-32)39(34-22-12-29(4)13-23-34)40(35-24-14-30(5)15-25-35)38(36)33-20-10-28(3)11-21-33;1-12(2,3)14(13(4,5)6)11-9-7-8-10-11;/h6-25,36-40H,1-5H3;11H,7-10H2,1-6H3;. The summed E-state index contributed by atoms with van der Waals surface area (Å²) in [5.41, 5.74) is 14.8. The Labute approximate surface area is 347 Å². The van der Waals surface area contributed by atoms with Crippen molar-refractivity contribution in [2.75, 3.05) is 0 Å². The van der Waals surface area contributed by atoms with Crippen LogP contribution in [0.5, 0.6) is 0 Å².